The Morgan fingerprint density at radius 1 is 0.615 bits per heavy atom. The van der Waals surface area contributed by atoms with Crippen LogP contribution in [0.15, 0.2) is 109 Å². The first-order valence-corrected chi connectivity index (χ1v) is 17.7. The number of hydrogen-bond acceptors (Lipinski definition) is 13. The van der Waals surface area contributed by atoms with Crippen LogP contribution in [-0.4, -0.2) is 58.3 Å². The van der Waals surface area contributed by atoms with E-state index in [4.69, 9.17) is 46.7 Å². The van der Waals surface area contributed by atoms with Crippen molar-refractivity contribution in [3.05, 3.63) is 131 Å². The van der Waals surface area contributed by atoms with Gasteiger partial charge in [0.05, 0.1) is 48.3 Å². The summed E-state index contributed by atoms with van der Waals surface area (Å²) in [6.45, 7) is -1.47. The molecule has 0 bridgehead atoms. The molecule has 276 valence electrons. The van der Waals surface area contributed by atoms with E-state index < -0.39 is 32.6 Å². The summed E-state index contributed by atoms with van der Waals surface area (Å²) in [6.07, 6.45) is -2.94. The molecule has 0 unspecified atom stereocenters. The molecule has 0 amide bonds. The zero-order valence-electron chi connectivity index (χ0n) is 29.2. The molecule has 1 N–H and O–H groups in total. The number of phosphoric acid groups is 1. The molecule has 0 saturated heterocycles. The molecule has 0 spiro atoms. The summed E-state index contributed by atoms with van der Waals surface area (Å²) in [5.74, 6) is 0.771. The lowest BCUT2D eigenvalue weighted by molar-refractivity contribution is -0.148. The van der Waals surface area contributed by atoms with Gasteiger partial charge in [0, 0.05) is 22.3 Å². The number of esters is 1. The predicted octanol–water partition coefficient (Wildman–Crippen LogP) is 6.51. The predicted molar refractivity (Wildman–Crippen MR) is 188 cm³/mol. The number of carbonyl (C=O) groups excluding carboxylic acids is 1. The number of methoxy groups -OCH3 is 4. The van der Waals surface area contributed by atoms with Gasteiger partial charge in [-0.3, -0.25) is 13.6 Å². The highest BCUT2D eigenvalue weighted by Gasteiger charge is 2.46. The highest BCUT2D eigenvalue weighted by molar-refractivity contribution is 7.48. The second-order valence-corrected chi connectivity index (χ2v) is 12.8. The standard InChI is InChI=1S/C38H41O13P/c1-42-30-17-9-5-13-26(30)22-46-36-35(50-38(40)37(36)47-23-27-14-6-10-18-31(27)43-2)34(21-39)51-52(41,48-24-28-15-7-11-19-32(28)44-3)49-25-29-16-8-12-20-33(29)45-4/h5-20,34-35,39H,21-25H2,1-4H3/t34-,35+/m0/s1. The zero-order valence-corrected chi connectivity index (χ0v) is 30.1. The minimum Gasteiger partial charge on any atom is -0.496 e. The lowest BCUT2D eigenvalue weighted by Gasteiger charge is -2.27. The van der Waals surface area contributed by atoms with Crippen molar-refractivity contribution in [2.45, 2.75) is 38.6 Å². The van der Waals surface area contributed by atoms with Gasteiger partial charge in [0.15, 0.2) is 11.9 Å². The van der Waals surface area contributed by atoms with E-state index in [-0.39, 0.29) is 37.9 Å². The minimum atomic E-state index is -4.58. The monoisotopic (exact) mass is 736 g/mol. The normalized spacial score (nSPS) is 14.8. The molecule has 0 saturated carbocycles. The molecule has 13 nitrogen and oxygen atoms in total. The van der Waals surface area contributed by atoms with Crippen molar-refractivity contribution in [2.24, 2.45) is 0 Å². The van der Waals surface area contributed by atoms with Crippen molar-refractivity contribution in [3.63, 3.8) is 0 Å². The maximum absolute atomic E-state index is 14.5. The van der Waals surface area contributed by atoms with E-state index in [1.165, 1.54) is 28.4 Å². The first-order chi connectivity index (χ1) is 25.3. The van der Waals surface area contributed by atoms with Gasteiger partial charge in [0.25, 0.3) is 0 Å². The van der Waals surface area contributed by atoms with Crippen LogP contribution in [0, 0.1) is 0 Å². The first-order valence-electron chi connectivity index (χ1n) is 16.2. The van der Waals surface area contributed by atoms with Gasteiger partial charge < -0.3 is 38.3 Å². The number of cyclic esters (lactones) is 1. The topological polar surface area (TPSA) is 147 Å². The number of aliphatic hydroxyl groups is 1. The van der Waals surface area contributed by atoms with E-state index in [0.29, 0.717) is 45.3 Å². The number of benzene rings is 4. The highest BCUT2D eigenvalue weighted by atomic mass is 31.2. The zero-order chi connectivity index (χ0) is 36.9. The maximum atomic E-state index is 14.5. The molecule has 0 fully saturated rings. The quantitative estimate of drug-likeness (QED) is 0.0778. The van der Waals surface area contributed by atoms with Crippen molar-refractivity contribution in [3.8, 4) is 23.0 Å². The molecule has 4 aromatic rings. The minimum absolute atomic E-state index is 0.0849. The number of hydrogen-bond donors (Lipinski definition) is 1. The van der Waals surface area contributed by atoms with Gasteiger partial charge in [-0.1, -0.05) is 72.8 Å². The first kappa shape index (κ1) is 38.2. The van der Waals surface area contributed by atoms with E-state index in [2.05, 4.69) is 0 Å². The van der Waals surface area contributed by atoms with Crippen LogP contribution >= 0.6 is 7.82 Å². The molecular formula is C38H41O13P. The average Bonchev–Trinajstić information content (AvgIpc) is 3.51. The molecular weight excluding hydrogens is 695 g/mol. The molecule has 1 aliphatic rings. The lowest BCUT2D eigenvalue weighted by atomic mass is 10.1. The van der Waals surface area contributed by atoms with E-state index in [0.717, 1.165) is 0 Å². The summed E-state index contributed by atoms with van der Waals surface area (Å²) in [4.78, 5) is 13.4. The largest absolute Gasteiger partial charge is 0.496 e. The Bertz CT molecular complexity index is 1820. The Kier molecular flexibility index (Phi) is 13.6. The number of rotatable bonds is 20. The van der Waals surface area contributed by atoms with Gasteiger partial charge in [-0.15, -0.1) is 0 Å². The lowest BCUT2D eigenvalue weighted by Crippen LogP contribution is -2.35. The van der Waals surface area contributed by atoms with Crippen LogP contribution in [0.5, 0.6) is 23.0 Å². The van der Waals surface area contributed by atoms with Gasteiger partial charge in [-0.25, -0.2) is 9.36 Å². The van der Waals surface area contributed by atoms with E-state index in [1.807, 2.05) is 0 Å². The summed E-state index contributed by atoms with van der Waals surface area (Å²) < 4.78 is 71.8. The fraction of sp³-hybridized carbons (Fsp3) is 0.289. The molecule has 1 heterocycles. The average molecular weight is 737 g/mol. The summed E-state index contributed by atoms with van der Waals surface area (Å²) in [5.41, 5.74) is 2.39. The summed E-state index contributed by atoms with van der Waals surface area (Å²) in [6, 6.07) is 28.3. The smallest absolute Gasteiger partial charge is 0.475 e. The molecule has 0 aromatic heterocycles. The third-order valence-corrected chi connectivity index (χ3v) is 9.38. The SMILES string of the molecule is COc1ccccc1COC1=C(OCc2ccccc2OC)[C@@H]([C@H](CO)OP(=O)(OCc2ccccc2OC)OCc2ccccc2OC)OC1=O. The number of phosphoric ester groups is 1. The fourth-order valence-electron chi connectivity index (χ4n) is 5.31. The second-order valence-electron chi connectivity index (χ2n) is 11.2. The second kappa shape index (κ2) is 18.5. The van der Waals surface area contributed by atoms with Crippen molar-refractivity contribution >= 4 is 13.8 Å². The fourth-order valence-corrected chi connectivity index (χ4v) is 6.61. The summed E-state index contributed by atoms with van der Waals surface area (Å²) >= 11 is 0. The van der Waals surface area contributed by atoms with Gasteiger partial charge in [-0.05, 0) is 24.3 Å². The number of ether oxygens (including phenoxy) is 7. The van der Waals surface area contributed by atoms with E-state index >= 15 is 0 Å². The van der Waals surface area contributed by atoms with Crippen LogP contribution in [-0.2, 0) is 63.6 Å². The Hall–Kier alpha value is -5.04. The molecule has 2 atom stereocenters. The van der Waals surface area contributed by atoms with Crippen LogP contribution in [0.1, 0.15) is 22.3 Å². The van der Waals surface area contributed by atoms with Crippen LogP contribution < -0.4 is 18.9 Å². The van der Waals surface area contributed by atoms with Gasteiger partial charge in [-0.2, -0.15) is 0 Å². The molecule has 4 aromatic carbocycles. The van der Waals surface area contributed by atoms with Crippen LogP contribution in [0.25, 0.3) is 0 Å². The van der Waals surface area contributed by atoms with Crippen LogP contribution in [0.2, 0.25) is 0 Å². The van der Waals surface area contributed by atoms with Crippen molar-refractivity contribution in [1.29, 1.82) is 0 Å². The molecule has 52 heavy (non-hydrogen) atoms. The van der Waals surface area contributed by atoms with Crippen LogP contribution in [0.4, 0.5) is 0 Å². The maximum Gasteiger partial charge on any atom is 0.475 e. The Morgan fingerprint density at radius 2 is 1.00 bits per heavy atom. The van der Waals surface area contributed by atoms with Crippen LogP contribution in [0.3, 0.4) is 0 Å². The third-order valence-electron chi connectivity index (χ3n) is 7.97. The molecule has 14 heteroatoms. The number of aliphatic hydroxyl groups excluding tert-OH is 1. The van der Waals surface area contributed by atoms with Crippen molar-refractivity contribution < 1.29 is 61.2 Å². The Balaban J connectivity index is 1.46. The Morgan fingerprint density at radius 3 is 1.40 bits per heavy atom. The molecule has 1 aliphatic heterocycles. The van der Waals surface area contributed by atoms with Gasteiger partial charge in [0.2, 0.25) is 5.76 Å². The molecule has 0 radical (unpaired) electrons. The number of para-hydroxylation sites is 4. The Labute approximate surface area is 302 Å². The van der Waals surface area contributed by atoms with Crippen molar-refractivity contribution in [2.75, 3.05) is 35.0 Å². The van der Waals surface area contributed by atoms with Gasteiger partial charge >= 0.3 is 13.8 Å². The van der Waals surface area contributed by atoms with E-state index in [1.54, 1.807) is 97.1 Å². The van der Waals surface area contributed by atoms with E-state index in [9.17, 15) is 14.5 Å². The highest BCUT2D eigenvalue weighted by Crippen LogP contribution is 2.54. The molecule has 0 aliphatic carbocycles. The third kappa shape index (κ3) is 9.44. The van der Waals surface area contributed by atoms with Crippen molar-refractivity contribution in [1.82, 2.24) is 0 Å². The number of carbonyl (C=O) groups is 1. The summed E-state index contributed by atoms with van der Waals surface area (Å²) in [5, 5.41) is 10.7. The summed E-state index contributed by atoms with van der Waals surface area (Å²) in [7, 11) is 1.45. The molecule has 5 rings (SSSR count). The van der Waals surface area contributed by atoms with Gasteiger partial charge in [0.1, 0.15) is 42.3 Å².